The van der Waals surface area contributed by atoms with Crippen LogP contribution in [-0.4, -0.2) is 17.7 Å². The summed E-state index contributed by atoms with van der Waals surface area (Å²) >= 11 is 0. The number of nitro benzene ring substituents is 1. The van der Waals surface area contributed by atoms with Crippen molar-refractivity contribution in [1.82, 2.24) is 5.32 Å². The van der Waals surface area contributed by atoms with Gasteiger partial charge in [0.2, 0.25) is 0 Å². The van der Waals surface area contributed by atoms with E-state index in [0.29, 0.717) is 5.69 Å². The average molecular weight is 329 g/mol. The quantitative estimate of drug-likeness (QED) is 0.497. The van der Waals surface area contributed by atoms with E-state index in [4.69, 9.17) is 4.74 Å². The van der Waals surface area contributed by atoms with Crippen LogP contribution in [0.1, 0.15) is 16.7 Å². The Labute approximate surface area is 139 Å². The van der Waals surface area contributed by atoms with E-state index in [1.165, 1.54) is 18.2 Å². The molecule has 0 radical (unpaired) electrons. The molecule has 0 heterocycles. The largest absolute Gasteiger partial charge is 0.473 e. The van der Waals surface area contributed by atoms with E-state index < -0.39 is 11.0 Å². The fourth-order valence-corrected chi connectivity index (χ4v) is 2.19. The Balaban J connectivity index is 1.91. The van der Waals surface area contributed by atoms with Crippen LogP contribution in [0.4, 0.5) is 16.2 Å². The van der Waals surface area contributed by atoms with Crippen molar-refractivity contribution >= 4 is 17.4 Å². The number of anilines is 1. The van der Waals surface area contributed by atoms with E-state index in [-0.39, 0.29) is 12.4 Å². The Hall–Kier alpha value is -3.09. The summed E-state index contributed by atoms with van der Waals surface area (Å²) < 4.78 is 5.64. The molecule has 2 aromatic rings. The first-order valence-electron chi connectivity index (χ1n) is 7.37. The third-order valence-corrected chi connectivity index (χ3v) is 3.64. The summed E-state index contributed by atoms with van der Waals surface area (Å²) in [6.07, 6.45) is 0. The predicted octanol–water partition coefficient (Wildman–Crippen LogP) is 3.68. The molecule has 7 nitrogen and oxygen atoms in total. The molecular formula is C17H19N3O4. The van der Waals surface area contributed by atoms with Gasteiger partial charge in [0.1, 0.15) is 5.75 Å². The van der Waals surface area contributed by atoms with E-state index in [1.54, 1.807) is 6.07 Å². The molecule has 0 fully saturated rings. The van der Waals surface area contributed by atoms with Gasteiger partial charge in [0.05, 0.1) is 4.92 Å². The van der Waals surface area contributed by atoms with Crippen LogP contribution < -0.4 is 15.4 Å². The average Bonchev–Trinajstić information content (AvgIpc) is 2.54. The maximum atomic E-state index is 11.8. The van der Waals surface area contributed by atoms with E-state index >= 15 is 0 Å². The Morgan fingerprint density at radius 1 is 1.17 bits per heavy atom. The number of carbonyl (C=O) groups is 1. The smallest absolute Gasteiger partial charge is 0.321 e. The zero-order chi connectivity index (χ0) is 17.7. The minimum absolute atomic E-state index is 0.00804. The number of hydrogen-bond acceptors (Lipinski definition) is 4. The lowest BCUT2D eigenvalue weighted by atomic mass is 10.1. The minimum atomic E-state index is -0.518. The lowest BCUT2D eigenvalue weighted by Gasteiger charge is -2.14. The molecule has 2 N–H and O–H groups in total. The molecule has 126 valence electrons. The van der Waals surface area contributed by atoms with Crippen LogP contribution in [0.25, 0.3) is 0 Å². The molecule has 0 saturated heterocycles. The summed E-state index contributed by atoms with van der Waals surface area (Å²) in [5.74, 6) is 0.741. The van der Waals surface area contributed by atoms with Crippen molar-refractivity contribution in [2.45, 2.75) is 20.8 Å². The summed E-state index contributed by atoms with van der Waals surface area (Å²) in [5.41, 5.74) is 3.37. The number of amides is 2. The van der Waals surface area contributed by atoms with Crippen molar-refractivity contribution in [3.63, 3.8) is 0 Å². The molecule has 0 unspecified atom stereocenters. The van der Waals surface area contributed by atoms with Gasteiger partial charge in [0.15, 0.2) is 6.73 Å². The standard InChI is InChI=1S/C17H19N3O4/c1-11-7-8-12(2)16(13(11)3)24-10-18-17(21)19-14-5-4-6-15(9-14)20(22)23/h4-9H,10H2,1-3H3,(H2,18,19,21). The molecule has 0 aliphatic rings. The Morgan fingerprint density at radius 2 is 1.88 bits per heavy atom. The molecule has 2 amide bonds. The lowest BCUT2D eigenvalue weighted by Crippen LogP contribution is -2.32. The SMILES string of the molecule is Cc1ccc(C)c(OCNC(=O)Nc2cccc([N+](=O)[O-])c2)c1C. The number of carbonyl (C=O) groups excluding carboxylic acids is 1. The van der Waals surface area contributed by atoms with Crippen LogP contribution in [0, 0.1) is 30.9 Å². The van der Waals surface area contributed by atoms with Crippen molar-refractivity contribution in [3.8, 4) is 5.75 Å². The van der Waals surface area contributed by atoms with Gasteiger partial charge in [-0.25, -0.2) is 4.79 Å². The summed E-state index contributed by atoms with van der Waals surface area (Å²) in [7, 11) is 0. The summed E-state index contributed by atoms with van der Waals surface area (Å²) in [6, 6.07) is 9.19. The van der Waals surface area contributed by atoms with Crippen LogP contribution in [-0.2, 0) is 0 Å². The van der Waals surface area contributed by atoms with Crippen molar-refractivity contribution in [1.29, 1.82) is 0 Å². The highest BCUT2D eigenvalue weighted by atomic mass is 16.6. The van der Waals surface area contributed by atoms with Crippen molar-refractivity contribution in [2.24, 2.45) is 0 Å². The fourth-order valence-electron chi connectivity index (χ4n) is 2.19. The van der Waals surface area contributed by atoms with Crippen molar-refractivity contribution in [3.05, 3.63) is 63.2 Å². The highest BCUT2D eigenvalue weighted by molar-refractivity contribution is 5.89. The number of benzene rings is 2. The third-order valence-electron chi connectivity index (χ3n) is 3.64. The second kappa shape index (κ2) is 7.45. The normalized spacial score (nSPS) is 10.1. The number of hydrogen-bond donors (Lipinski definition) is 2. The lowest BCUT2D eigenvalue weighted by molar-refractivity contribution is -0.384. The molecule has 0 saturated carbocycles. The monoisotopic (exact) mass is 329 g/mol. The van der Waals surface area contributed by atoms with Gasteiger partial charge in [-0.15, -0.1) is 0 Å². The van der Waals surface area contributed by atoms with Crippen molar-refractivity contribution in [2.75, 3.05) is 12.0 Å². The van der Waals surface area contributed by atoms with Crippen LogP contribution >= 0.6 is 0 Å². The summed E-state index contributed by atoms with van der Waals surface area (Å²) in [4.78, 5) is 22.0. The molecule has 0 aromatic heterocycles. The highest BCUT2D eigenvalue weighted by Crippen LogP contribution is 2.25. The maximum Gasteiger partial charge on any atom is 0.321 e. The first-order valence-corrected chi connectivity index (χ1v) is 7.37. The van der Waals surface area contributed by atoms with Gasteiger partial charge in [-0.3, -0.25) is 10.1 Å². The molecule has 2 aromatic carbocycles. The van der Waals surface area contributed by atoms with Gasteiger partial charge in [-0.05, 0) is 43.5 Å². The van der Waals surface area contributed by atoms with Gasteiger partial charge >= 0.3 is 6.03 Å². The third kappa shape index (κ3) is 4.22. The number of urea groups is 1. The molecule has 0 aliphatic heterocycles. The number of nitrogens with zero attached hydrogens (tertiary/aromatic N) is 1. The summed E-state index contributed by atoms with van der Waals surface area (Å²) in [6.45, 7) is 5.88. The first-order chi connectivity index (χ1) is 11.4. The van der Waals surface area contributed by atoms with E-state index in [9.17, 15) is 14.9 Å². The molecular weight excluding hydrogens is 310 g/mol. The number of aryl methyl sites for hydroxylation is 2. The van der Waals surface area contributed by atoms with Gasteiger partial charge < -0.3 is 15.4 Å². The molecule has 7 heteroatoms. The van der Waals surface area contributed by atoms with Crippen LogP contribution in [0.3, 0.4) is 0 Å². The number of non-ortho nitro benzene ring substituents is 1. The zero-order valence-electron chi connectivity index (χ0n) is 13.8. The molecule has 0 bridgehead atoms. The van der Waals surface area contributed by atoms with Crippen LogP contribution in [0.2, 0.25) is 0 Å². The van der Waals surface area contributed by atoms with Gasteiger partial charge in [-0.2, -0.15) is 0 Å². The Morgan fingerprint density at radius 3 is 2.58 bits per heavy atom. The van der Waals surface area contributed by atoms with Crippen LogP contribution in [0.15, 0.2) is 36.4 Å². The second-order valence-corrected chi connectivity index (χ2v) is 5.38. The fraction of sp³-hybridized carbons (Fsp3) is 0.235. The maximum absolute atomic E-state index is 11.8. The zero-order valence-corrected chi connectivity index (χ0v) is 13.8. The van der Waals surface area contributed by atoms with E-state index in [2.05, 4.69) is 10.6 Å². The van der Waals surface area contributed by atoms with E-state index in [0.717, 1.165) is 22.4 Å². The number of rotatable bonds is 5. The Kier molecular flexibility index (Phi) is 5.36. The van der Waals surface area contributed by atoms with E-state index in [1.807, 2.05) is 32.9 Å². The molecule has 2 rings (SSSR count). The van der Waals surface area contributed by atoms with Crippen molar-refractivity contribution < 1.29 is 14.5 Å². The topological polar surface area (TPSA) is 93.5 Å². The molecule has 0 atom stereocenters. The molecule has 0 spiro atoms. The summed E-state index contributed by atoms with van der Waals surface area (Å²) in [5, 5.41) is 15.8. The predicted molar refractivity (Wildman–Crippen MR) is 91.4 cm³/mol. The number of nitro groups is 1. The number of nitrogens with one attached hydrogen (secondary N) is 2. The first kappa shape index (κ1) is 17.3. The highest BCUT2D eigenvalue weighted by Gasteiger charge is 2.09. The van der Waals surface area contributed by atoms with Gasteiger partial charge in [-0.1, -0.05) is 18.2 Å². The molecule has 24 heavy (non-hydrogen) atoms. The van der Waals surface area contributed by atoms with Gasteiger partial charge in [0.25, 0.3) is 5.69 Å². The Bertz CT molecular complexity index is 774. The minimum Gasteiger partial charge on any atom is -0.473 e. The van der Waals surface area contributed by atoms with Gasteiger partial charge in [0, 0.05) is 17.8 Å². The van der Waals surface area contributed by atoms with Crippen LogP contribution in [0.5, 0.6) is 5.75 Å². The second-order valence-electron chi connectivity index (χ2n) is 5.38. The number of ether oxygens (including phenoxy) is 1. The molecule has 0 aliphatic carbocycles.